The zero-order chi connectivity index (χ0) is 26.1. The number of hydrogen-bond acceptors (Lipinski definition) is 9. The number of carbonyl (C=O) groups is 2. The average molecular weight is 587 g/mol. The summed E-state index contributed by atoms with van der Waals surface area (Å²) < 4.78 is 13.7. The van der Waals surface area contributed by atoms with E-state index in [2.05, 4.69) is 30.5 Å². The van der Waals surface area contributed by atoms with Gasteiger partial charge in [-0.25, -0.2) is 15.0 Å². The standard InChI is InChI=1S/C25H27BrN6O4S/c1-14(36-15(2)33)24(34)31-7-3-16(4-8-31)5-9-32-23-21(22(27)28-13-29-23)30-25(32)37-20-12-19-17(6-10-35-19)11-18(20)26/h6,10-14,16H,3-5,7-9H2,1-2H3,(H2,27,28,29)/t14-/m0/s1. The van der Waals surface area contributed by atoms with Crippen LogP contribution in [0.15, 0.2) is 49.7 Å². The van der Waals surface area contributed by atoms with Crippen molar-refractivity contribution in [3.8, 4) is 0 Å². The molecule has 3 aromatic heterocycles. The summed E-state index contributed by atoms with van der Waals surface area (Å²) in [7, 11) is 0. The number of piperidine rings is 1. The molecule has 194 valence electrons. The van der Waals surface area contributed by atoms with Crippen LogP contribution in [0.4, 0.5) is 5.82 Å². The van der Waals surface area contributed by atoms with Crippen molar-refractivity contribution >= 4 is 67.5 Å². The zero-order valence-electron chi connectivity index (χ0n) is 20.5. The molecule has 12 heteroatoms. The number of anilines is 1. The van der Waals surface area contributed by atoms with Gasteiger partial charge in [-0.1, -0.05) is 11.8 Å². The number of furan rings is 1. The molecule has 1 aliphatic heterocycles. The Kier molecular flexibility index (Phi) is 7.38. The van der Waals surface area contributed by atoms with E-state index in [0.717, 1.165) is 44.8 Å². The van der Waals surface area contributed by atoms with Crippen molar-refractivity contribution < 1.29 is 18.7 Å². The average Bonchev–Trinajstić information content (AvgIpc) is 3.47. The number of rotatable bonds is 7. The SMILES string of the molecule is CC(=O)O[C@@H](C)C(=O)N1CCC(CCn2c(Sc3cc4occc4cc3Br)nc3c(N)ncnc32)CC1. The van der Waals surface area contributed by atoms with E-state index in [9.17, 15) is 9.59 Å². The van der Waals surface area contributed by atoms with Crippen LogP contribution in [0, 0.1) is 5.92 Å². The number of nitrogens with zero attached hydrogens (tertiary/aromatic N) is 5. The van der Waals surface area contributed by atoms with Crippen LogP contribution in [0.3, 0.4) is 0 Å². The van der Waals surface area contributed by atoms with Gasteiger partial charge in [-0.3, -0.25) is 9.59 Å². The number of aryl methyl sites for hydroxylation is 1. The smallest absolute Gasteiger partial charge is 0.303 e. The summed E-state index contributed by atoms with van der Waals surface area (Å²) in [6, 6.07) is 5.95. The summed E-state index contributed by atoms with van der Waals surface area (Å²) in [5.74, 6) is 0.199. The second-order valence-corrected chi connectivity index (χ2v) is 11.0. The quantitative estimate of drug-likeness (QED) is 0.307. The molecule has 1 aromatic carbocycles. The van der Waals surface area contributed by atoms with E-state index in [1.54, 1.807) is 18.1 Å². The Balaban J connectivity index is 1.31. The molecule has 4 aromatic rings. The normalized spacial score (nSPS) is 15.4. The topological polar surface area (TPSA) is 129 Å². The second kappa shape index (κ2) is 10.7. The first-order chi connectivity index (χ1) is 17.8. The number of amides is 1. The molecule has 10 nitrogen and oxygen atoms in total. The first-order valence-electron chi connectivity index (χ1n) is 12.1. The summed E-state index contributed by atoms with van der Waals surface area (Å²) in [5.41, 5.74) is 8.22. The fourth-order valence-corrected chi connectivity index (χ4v) is 6.21. The Hall–Kier alpha value is -3.12. The number of fused-ring (bicyclic) bond motifs is 2. The lowest BCUT2D eigenvalue weighted by atomic mass is 9.93. The lowest BCUT2D eigenvalue weighted by molar-refractivity contribution is -0.158. The molecule has 4 heterocycles. The van der Waals surface area contributed by atoms with E-state index in [-0.39, 0.29) is 5.91 Å². The molecule has 0 saturated carbocycles. The molecule has 0 unspecified atom stereocenters. The van der Waals surface area contributed by atoms with Gasteiger partial charge in [-0.05, 0) is 66.2 Å². The van der Waals surface area contributed by atoms with Crippen molar-refractivity contribution in [2.75, 3.05) is 18.8 Å². The van der Waals surface area contributed by atoms with Gasteiger partial charge in [-0.15, -0.1) is 0 Å². The summed E-state index contributed by atoms with van der Waals surface area (Å²) in [5, 5.41) is 1.79. The van der Waals surface area contributed by atoms with E-state index in [1.165, 1.54) is 25.0 Å². The Bertz CT molecular complexity index is 1460. The van der Waals surface area contributed by atoms with E-state index in [4.69, 9.17) is 19.9 Å². The van der Waals surface area contributed by atoms with Crippen LogP contribution in [0.1, 0.15) is 33.1 Å². The van der Waals surface area contributed by atoms with Gasteiger partial charge in [0.15, 0.2) is 28.2 Å². The van der Waals surface area contributed by atoms with E-state index in [0.29, 0.717) is 42.5 Å². The number of imidazole rings is 1. The predicted octanol–water partition coefficient (Wildman–Crippen LogP) is 4.65. The molecule has 1 amide bonds. The van der Waals surface area contributed by atoms with Crippen molar-refractivity contribution in [1.29, 1.82) is 0 Å². The highest BCUT2D eigenvalue weighted by Crippen LogP contribution is 2.38. The minimum absolute atomic E-state index is 0.140. The number of carbonyl (C=O) groups excluding carboxylic acids is 2. The van der Waals surface area contributed by atoms with Crippen LogP contribution in [-0.2, 0) is 20.9 Å². The summed E-state index contributed by atoms with van der Waals surface area (Å²) in [6.07, 6.45) is 5.05. The third-order valence-electron chi connectivity index (χ3n) is 6.61. The van der Waals surface area contributed by atoms with Crippen molar-refractivity contribution in [1.82, 2.24) is 24.4 Å². The number of nitrogen functional groups attached to an aromatic ring is 1. The Labute approximate surface area is 226 Å². The maximum Gasteiger partial charge on any atom is 0.303 e. The van der Waals surface area contributed by atoms with Gasteiger partial charge < -0.3 is 24.4 Å². The zero-order valence-corrected chi connectivity index (χ0v) is 22.9. The van der Waals surface area contributed by atoms with Crippen molar-refractivity contribution in [2.45, 2.75) is 55.8 Å². The first-order valence-corrected chi connectivity index (χ1v) is 13.7. The summed E-state index contributed by atoms with van der Waals surface area (Å²) in [6.45, 7) is 4.93. The van der Waals surface area contributed by atoms with Crippen LogP contribution < -0.4 is 5.73 Å². The maximum atomic E-state index is 12.6. The monoisotopic (exact) mass is 586 g/mol. The molecule has 1 atom stereocenters. The van der Waals surface area contributed by atoms with Crippen molar-refractivity contribution in [2.24, 2.45) is 5.92 Å². The van der Waals surface area contributed by atoms with Gasteiger partial charge in [0.05, 0.1) is 6.26 Å². The van der Waals surface area contributed by atoms with Crippen molar-refractivity contribution in [3.05, 3.63) is 35.3 Å². The molecule has 0 bridgehead atoms. The maximum absolute atomic E-state index is 12.6. The van der Waals surface area contributed by atoms with Gasteiger partial charge in [0.25, 0.3) is 5.91 Å². The van der Waals surface area contributed by atoms with E-state index >= 15 is 0 Å². The highest BCUT2D eigenvalue weighted by Gasteiger charge is 2.28. The van der Waals surface area contributed by atoms with Gasteiger partial charge in [-0.2, -0.15) is 0 Å². The molecule has 1 aliphatic rings. The van der Waals surface area contributed by atoms with Crippen LogP contribution in [0.2, 0.25) is 0 Å². The molecule has 5 rings (SSSR count). The number of halogens is 1. The molecule has 1 saturated heterocycles. The highest BCUT2D eigenvalue weighted by molar-refractivity contribution is 9.10. The second-order valence-electron chi connectivity index (χ2n) is 9.13. The van der Waals surface area contributed by atoms with E-state index < -0.39 is 12.1 Å². The lowest BCUT2D eigenvalue weighted by Crippen LogP contribution is -2.44. The molecule has 2 N–H and O–H groups in total. The molecule has 1 fully saturated rings. The highest BCUT2D eigenvalue weighted by atomic mass is 79.9. The minimum Gasteiger partial charge on any atom is -0.464 e. The third kappa shape index (κ3) is 5.45. The fourth-order valence-electron chi connectivity index (χ4n) is 4.66. The van der Waals surface area contributed by atoms with Gasteiger partial charge in [0.1, 0.15) is 11.9 Å². The van der Waals surface area contributed by atoms with Crippen LogP contribution >= 0.6 is 27.7 Å². The number of nitrogens with two attached hydrogens (primary N) is 1. The number of esters is 1. The number of ether oxygens (including phenoxy) is 1. The van der Waals surface area contributed by atoms with Gasteiger partial charge in [0, 0.05) is 41.3 Å². The summed E-state index contributed by atoms with van der Waals surface area (Å²) >= 11 is 5.19. The Morgan fingerprint density at radius 2 is 2.08 bits per heavy atom. The third-order valence-corrected chi connectivity index (χ3v) is 8.58. The first kappa shape index (κ1) is 25.5. The largest absolute Gasteiger partial charge is 0.464 e. The van der Waals surface area contributed by atoms with Crippen LogP contribution in [0.5, 0.6) is 0 Å². The Morgan fingerprint density at radius 3 is 2.84 bits per heavy atom. The molecule has 0 radical (unpaired) electrons. The Morgan fingerprint density at radius 1 is 1.30 bits per heavy atom. The van der Waals surface area contributed by atoms with Gasteiger partial charge in [0.2, 0.25) is 0 Å². The predicted molar refractivity (Wildman–Crippen MR) is 143 cm³/mol. The number of aromatic nitrogens is 4. The minimum atomic E-state index is -0.754. The number of benzene rings is 1. The number of hydrogen-bond donors (Lipinski definition) is 1. The van der Waals surface area contributed by atoms with Crippen LogP contribution in [-0.4, -0.2) is 55.5 Å². The summed E-state index contributed by atoms with van der Waals surface area (Å²) in [4.78, 5) is 39.9. The lowest BCUT2D eigenvalue weighted by Gasteiger charge is -2.33. The number of likely N-dealkylation sites (tertiary alicyclic amines) is 1. The van der Waals surface area contributed by atoms with E-state index in [1.807, 2.05) is 18.2 Å². The van der Waals surface area contributed by atoms with Crippen LogP contribution in [0.25, 0.3) is 22.1 Å². The molecule has 37 heavy (non-hydrogen) atoms. The van der Waals surface area contributed by atoms with Crippen molar-refractivity contribution in [3.63, 3.8) is 0 Å². The fraction of sp³-hybridized carbons (Fsp3) is 0.400. The molecule has 0 aliphatic carbocycles. The molecular weight excluding hydrogens is 560 g/mol. The molecule has 0 spiro atoms. The van der Waals surface area contributed by atoms with Gasteiger partial charge >= 0.3 is 5.97 Å². The molecular formula is C25H27BrN6O4S.